The maximum absolute atomic E-state index is 13.6. The smallest absolute Gasteiger partial charge is 0.255 e. The molecule has 1 aromatic rings. The van der Waals surface area contributed by atoms with E-state index in [-0.39, 0.29) is 23.3 Å². The van der Waals surface area contributed by atoms with Gasteiger partial charge in [0.05, 0.1) is 11.6 Å². The number of rotatable bonds is 2. The number of ketones is 2. The highest BCUT2D eigenvalue weighted by molar-refractivity contribution is 6.25. The number of benzene rings is 1. The Balaban J connectivity index is 2.03. The summed E-state index contributed by atoms with van der Waals surface area (Å²) in [6.45, 7) is 4.02. The van der Waals surface area contributed by atoms with Crippen molar-refractivity contribution in [3.8, 4) is 5.75 Å². The molecule has 4 rings (SSSR count). The van der Waals surface area contributed by atoms with Crippen LogP contribution in [0.15, 0.2) is 41.7 Å². The van der Waals surface area contributed by atoms with E-state index >= 15 is 0 Å². The lowest BCUT2D eigenvalue weighted by Crippen LogP contribution is -2.65. The number of nitrogens with two attached hydrogens (primary N) is 1. The average molecular weight is 426 g/mol. The summed E-state index contributed by atoms with van der Waals surface area (Å²) in [5, 5.41) is 43.3. The van der Waals surface area contributed by atoms with Crippen LogP contribution in [0.1, 0.15) is 17.5 Å². The number of phenols is 1. The number of phenolic OH excluding ortho intramolecular Hbond substituents is 1. The van der Waals surface area contributed by atoms with Crippen LogP contribution in [0.5, 0.6) is 5.75 Å². The molecule has 0 saturated heterocycles. The van der Waals surface area contributed by atoms with E-state index in [1.165, 1.54) is 11.0 Å². The highest BCUT2D eigenvalue weighted by Crippen LogP contribution is 2.55. The average Bonchev–Trinajstić information content (AvgIpc) is 2.68. The van der Waals surface area contributed by atoms with Gasteiger partial charge in [-0.3, -0.25) is 19.3 Å². The third kappa shape index (κ3) is 2.47. The molecule has 0 spiro atoms. The summed E-state index contributed by atoms with van der Waals surface area (Å²) in [7, 11) is 3.08. The van der Waals surface area contributed by atoms with E-state index in [4.69, 9.17) is 5.73 Å². The van der Waals surface area contributed by atoms with Crippen LogP contribution in [0.2, 0.25) is 0 Å². The van der Waals surface area contributed by atoms with Crippen LogP contribution in [0.4, 0.5) is 0 Å². The fourth-order valence-corrected chi connectivity index (χ4v) is 5.15. The van der Waals surface area contributed by atoms with Gasteiger partial charge in [-0.25, -0.2) is 0 Å². The maximum Gasteiger partial charge on any atom is 0.255 e. The minimum absolute atomic E-state index is 0.0104. The van der Waals surface area contributed by atoms with Gasteiger partial charge in [0, 0.05) is 17.4 Å². The van der Waals surface area contributed by atoms with Crippen LogP contribution in [0.3, 0.4) is 0 Å². The number of aliphatic hydroxyl groups excluding tert-OH is 2. The second-order valence-corrected chi connectivity index (χ2v) is 8.34. The molecule has 1 amide bonds. The molecule has 4 atom stereocenters. The number of hydrogen-bond donors (Lipinski definition) is 5. The standard InChI is InChI=1S/C22H22N2O7/c1-8-9-5-4-6-12(25)13(9)17(26)14-10(8)7-11-16(24(2)3)18(27)15(21(23)30)20(29)22(11,31)19(14)28/h4-6,10-11,16,25-26,29,31H,1,7H2,2-3H3,(H2,23,30)/t10-,11-,16+,22+/m0/s1. The number of carbonyl (C=O) groups excluding carboxylic acids is 3. The molecule has 9 heteroatoms. The van der Waals surface area contributed by atoms with Crippen LogP contribution in [-0.4, -0.2) is 68.5 Å². The van der Waals surface area contributed by atoms with E-state index in [1.54, 1.807) is 26.2 Å². The summed E-state index contributed by atoms with van der Waals surface area (Å²) < 4.78 is 0. The van der Waals surface area contributed by atoms with Crippen molar-refractivity contribution in [2.45, 2.75) is 18.1 Å². The van der Waals surface area contributed by atoms with Gasteiger partial charge >= 0.3 is 0 Å². The van der Waals surface area contributed by atoms with E-state index < -0.39 is 58.0 Å². The Morgan fingerprint density at radius 3 is 2.45 bits per heavy atom. The van der Waals surface area contributed by atoms with E-state index in [0.29, 0.717) is 11.1 Å². The molecule has 0 aromatic heterocycles. The third-order valence-electron chi connectivity index (χ3n) is 6.56. The number of carbonyl (C=O) groups is 3. The predicted octanol–water partition coefficient (Wildman–Crippen LogP) is 0.435. The molecule has 3 aliphatic rings. The Morgan fingerprint density at radius 1 is 1.23 bits per heavy atom. The molecule has 0 aliphatic heterocycles. The van der Waals surface area contributed by atoms with Crippen LogP contribution < -0.4 is 5.73 Å². The van der Waals surface area contributed by atoms with E-state index in [9.17, 15) is 34.8 Å². The number of hydrogen-bond acceptors (Lipinski definition) is 8. The van der Waals surface area contributed by atoms with Gasteiger partial charge in [-0.2, -0.15) is 0 Å². The van der Waals surface area contributed by atoms with E-state index in [1.807, 2.05) is 0 Å². The molecule has 1 fully saturated rings. The van der Waals surface area contributed by atoms with Crippen LogP contribution in [0, 0.1) is 11.8 Å². The predicted molar refractivity (Wildman–Crippen MR) is 110 cm³/mol. The van der Waals surface area contributed by atoms with Gasteiger partial charge in [0.15, 0.2) is 11.4 Å². The highest BCUT2D eigenvalue weighted by Gasteiger charge is 2.64. The number of aliphatic hydroxyl groups is 3. The molecule has 0 heterocycles. The number of amides is 1. The quantitative estimate of drug-likeness (QED) is 0.426. The number of likely N-dealkylation sites (N-methyl/N-ethyl adjacent to an activating group) is 1. The van der Waals surface area contributed by atoms with Crippen molar-refractivity contribution in [1.29, 1.82) is 0 Å². The second kappa shape index (κ2) is 6.53. The summed E-state index contributed by atoms with van der Waals surface area (Å²) in [6.07, 6.45) is -0.0275. The minimum Gasteiger partial charge on any atom is -0.508 e. The minimum atomic E-state index is -2.66. The molecular formula is C22H22N2O7. The van der Waals surface area contributed by atoms with Gasteiger partial charge in [0.1, 0.15) is 22.8 Å². The first kappa shape index (κ1) is 20.8. The molecule has 0 unspecified atom stereocenters. The van der Waals surface area contributed by atoms with Crippen molar-refractivity contribution < 1.29 is 34.8 Å². The van der Waals surface area contributed by atoms with Crippen LogP contribution in [0.25, 0.3) is 11.3 Å². The normalized spacial score (nSPS) is 30.3. The molecule has 6 N–H and O–H groups in total. The lowest BCUT2D eigenvalue weighted by Gasteiger charge is -2.50. The zero-order valence-electron chi connectivity index (χ0n) is 16.9. The van der Waals surface area contributed by atoms with Gasteiger partial charge in [-0.1, -0.05) is 18.7 Å². The van der Waals surface area contributed by atoms with Crippen molar-refractivity contribution in [2.75, 3.05) is 14.1 Å². The molecular weight excluding hydrogens is 404 g/mol. The fraction of sp³-hybridized carbons (Fsp3) is 0.318. The summed E-state index contributed by atoms with van der Waals surface area (Å²) in [6, 6.07) is 3.40. The topological polar surface area (TPSA) is 161 Å². The van der Waals surface area contributed by atoms with Gasteiger partial charge in [0.2, 0.25) is 5.78 Å². The summed E-state index contributed by atoms with van der Waals surface area (Å²) in [4.78, 5) is 39.9. The van der Waals surface area contributed by atoms with Gasteiger partial charge < -0.3 is 26.2 Å². The molecule has 1 saturated carbocycles. The van der Waals surface area contributed by atoms with Crippen molar-refractivity contribution in [3.63, 3.8) is 0 Å². The number of nitrogens with zero attached hydrogens (tertiary/aromatic N) is 1. The zero-order valence-corrected chi connectivity index (χ0v) is 16.9. The zero-order chi connectivity index (χ0) is 23.0. The number of primary amides is 1. The second-order valence-electron chi connectivity index (χ2n) is 8.34. The van der Waals surface area contributed by atoms with Gasteiger partial charge in [0.25, 0.3) is 5.91 Å². The first-order valence-corrected chi connectivity index (χ1v) is 9.60. The summed E-state index contributed by atoms with van der Waals surface area (Å²) >= 11 is 0. The van der Waals surface area contributed by atoms with E-state index in [0.717, 1.165) is 0 Å². The lowest BCUT2D eigenvalue weighted by atomic mass is 9.56. The van der Waals surface area contributed by atoms with Gasteiger partial charge in [-0.15, -0.1) is 0 Å². The monoisotopic (exact) mass is 426 g/mol. The molecule has 0 radical (unpaired) electrons. The first-order chi connectivity index (χ1) is 14.4. The van der Waals surface area contributed by atoms with Crippen LogP contribution in [-0.2, 0) is 14.4 Å². The first-order valence-electron chi connectivity index (χ1n) is 9.60. The largest absolute Gasteiger partial charge is 0.508 e. The van der Waals surface area contributed by atoms with Crippen LogP contribution >= 0.6 is 0 Å². The third-order valence-corrected chi connectivity index (χ3v) is 6.56. The molecule has 0 bridgehead atoms. The van der Waals surface area contributed by atoms with Crippen molar-refractivity contribution in [1.82, 2.24) is 4.90 Å². The molecule has 31 heavy (non-hydrogen) atoms. The Labute approximate surface area is 177 Å². The Morgan fingerprint density at radius 2 is 1.87 bits per heavy atom. The van der Waals surface area contributed by atoms with Crippen molar-refractivity contribution in [3.05, 3.63) is 52.8 Å². The van der Waals surface area contributed by atoms with Gasteiger partial charge in [-0.05, 0) is 37.7 Å². The summed E-state index contributed by atoms with van der Waals surface area (Å²) in [5.41, 5.74) is 2.37. The number of allylic oxidation sites excluding steroid dienone is 1. The molecule has 9 nitrogen and oxygen atoms in total. The van der Waals surface area contributed by atoms with Crippen molar-refractivity contribution >= 4 is 28.8 Å². The SMILES string of the molecule is C=C1c2cccc(O)c2C(O)=C2C(=O)[C@@]3(O)C(O)=C(C(N)=O)C(=O)[C@H](N(C)C)[C@@H]3C[C@@H]12. The molecule has 162 valence electrons. The van der Waals surface area contributed by atoms with Crippen molar-refractivity contribution in [2.24, 2.45) is 17.6 Å². The highest BCUT2D eigenvalue weighted by atomic mass is 16.3. The summed E-state index contributed by atoms with van der Waals surface area (Å²) in [5.74, 6) is -7.00. The molecule has 3 aliphatic carbocycles. The Bertz CT molecular complexity index is 1150. The Hall–Kier alpha value is -3.43. The number of aromatic hydroxyl groups is 1. The lowest BCUT2D eigenvalue weighted by molar-refractivity contribution is -0.152. The van der Waals surface area contributed by atoms with E-state index in [2.05, 4.69) is 6.58 Å². The number of Topliss-reactive ketones (excluding diaryl/α,β-unsaturated/α-hetero) is 2. The maximum atomic E-state index is 13.6. The number of fused-ring (bicyclic) bond motifs is 3. The molecule has 1 aromatic carbocycles. The fourth-order valence-electron chi connectivity index (χ4n) is 5.15. The Kier molecular flexibility index (Phi) is 4.39.